The average molecular weight is 437 g/mol. The van der Waals surface area contributed by atoms with Gasteiger partial charge in [-0.2, -0.15) is 8.42 Å². The molecular weight excluding hydrogens is 404 g/mol. The van der Waals surface area contributed by atoms with Crippen LogP contribution in [0.15, 0.2) is 18.2 Å². The topological polar surface area (TPSA) is 105 Å². The van der Waals surface area contributed by atoms with E-state index in [9.17, 15) is 13.2 Å². The molecule has 0 bridgehead atoms. The van der Waals surface area contributed by atoms with Gasteiger partial charge in [-0.25, -0.2) is 0 Å². The zero-order valence-electron chi connectivity index (χ0n) is 17.5. The van der Waals surface area contributed by atoms with Crippen molar-refractivity contribution in [2.75, 3.05) is 26.2 Å². The Morgan fingerprint density at radius 3 is 2.40 bits per heavy atom. The summed E-state index contributed by atoms with van der Waals surface area (Å²) < 4.78 is 35.2. The van der Waals surface area contributed by atoms with E-state index in [1.807, 2.05) is 6.07 Å². The summed E-state index contributed by atoms with van der Waals surface area (Å²) >= 11 is 0. The first-order valence-electron chi connectivity index (χ1n) is 11.0. The van der Waals surface area contributed by atoms with Crippen molar-refractivity contribution in [2.24, 2.45) is 17.3 Å². The molecule has 1 saturated heterocycles. The van der Waals surface area contributed by atoms with Gasteiger partial charge in [0.05, 0.1) is 0 Å². The standard InChI is InChI=1S/C18H22O5S.C4H10N2/c1-18-9-8-14-13-5-3-12(23-24(20,21)22)10-11(13)2-4-15(14)16(18)6-7-17(18)19;1-2-6-4-3-5-1/h3,5,10,14-16H,2,4,6-9H2,1H3,(H,20,21,22);5-6H,1-4H2/t14?,15?,16?,18-;/m1./s1. The molecule has 0 radical (unpaired) electrons. The van der Waals surface area contributed by atoms with Gasteiger partial charge in [0.25, 0.3) is 0 Å². The van der Waals surface area contributed by atoms with Gasteiger partial charge in [0.2, 0.25) is 0 Å². The molecule has 1 aromatic carbocycles. The summed E-state index contributed by atoms with van der Waals surface area (Å²) in [6.45, 7) is 6.71. The molecule has 7 nitrogen and oxygen atoms in total. The molecule has 0 spiro atoms. The molecule has 0 aromatic heterocycles. The third-order valence-corrected chi connectivity index (χ3v) is 7.97. The number of hydrogen-bond donors (Lipinski definition) is 3. The summed E-state index contributed by atoms with van der Waals surface area (Å²) in [6, 6.07) is 5.28. The molecule has 3 unspecified atom stereocenters. The number of Topliss-reactive ketones (excluding diaryl/α,β-unsaturated/α-hetero) is 1. The molecule has 5 rings (SSSR count). The third kappa shape index (κ3) is 4.42. The normalized spacial score (nSPS) is 32.9. The molecule has 4 atom stereocenters. The lowest BCUT2D eigenvalue weighted by atomic mass is 9.55. The van der Waals surface area contributed by atoms with Gasteiger partial charge < -0.3 is 14.8 Å². The van der Waals surface area contributed by atoms with E-state index in [1.54, 1.807) is 12.1 Å². The Labute approximate surface area is 178 Å². The number of ketones is 1. The second-order valence-corrected chi connectivity index (χ2v) is 10.2. The first kappa shape index (κ1) is 21.7. The van der Waals surface area contributed by atoms with E-state index in [-0.39, 0.29) is 11.2 Å². The van der Waals surface area contributed by atoms with E-state index in [0.29, 0.717) is 23.5 Å². The lowest BCUT2D eigenvalue weighted by Gasteiger charge is -2.48. The summed E-state index contributed by atoms with van der Waals surface area (Å²) in [5, 5.41) is 6.44. The highest BCUT2D eigenvalue weighted by Crippen LogP contribution is 2.59. The summed E-state index contributed by atoms with van der Waals surface area (Å²) in [4.78, 5) is 12.3. The highest BCUT2D eigenvalue weighted by atomic mass is 32.3. The Kier molecular flexibility index (Phi) is 6.21. The highest BCUT2D eigenvalue weighted by molar-refractivity contribution is 7.81. The Balaban J connectivity index is 0.000000313. The molecule has 166 valence electrons. The largest absolute Gasteiger partial charge is 0.446 e. The summed E-state index contributed by atoms with van der Waals surface area (Å²) in [5.41, 5.74) is 2.23. The molecule has 3 fully saturated rings. The van der Waals surface area contributed by atoms with Crippen molar-refractivity contribution < 1.29 is 21.9 Å². The van der Waals surface area contributed by atoms with Crippen LogP contribution in [0.3, 0.4) is 0 Å². The minimum Gasteiger partial charge on any atom is -0.362 e. The molecule has 30 heavy (non-hydrogen) atoms. The van der Waals surface area contributed by atoms with Crippen LogP contribution in [0.2, 0.25) is 0 Å². The van der Waals surface area contributed by atoms with Crippen LogP contribution in [0.1, 0.15) is 56.1 Å². The number of piperazine rings is 1. The van der Waals surface area contributed by atoms with Crippen LogP contribution in [-0.4, -0.2) is 44.9 Å². The van der Waals surface area contributed by atoms with Crippen LogP contribution in [-0.2, 0) is 21.6 Å². The van der Waals surface area contributed by atoms with Gasteiger partial charge in [0, 0.05) is 38.0 Å². The van der Waals surface area contributed by atoms with Gasteiger partial charge in [0.1, 0.15) is 11.5 Å². The van der Waals surface area contributed by atoms with Crippen molar-refractivity contribution in [3.63, 3.8) is 0 Å². The Morgan fingerprint density at radius 2 is 1.77 bits per heavy atom. The number of fused-ring (bicyclic) bond motifs is 5. The molecule has 1 heterocycles. The fourth-order valence-electron chi connectivity index (χ4n) is 6.11. The Morgan fingerprint density at radius 1 is 1.07 bits per heavy atom. The van der Waals surface area contributed by atoms with Crippen LogP contribution in [0.5, 0.6) is 5.75 Å². The Bertz CT molecular complexity index is 887. The minimum atomic E-state index is -4.49. The molecule has 1 aromatic rings. The van der Waals surface area contributed by atoms with Crippen LogP contribution in [0, 0.1) is 17.3 Å². The maximum Gasteiger partial charge on any atom is 0.446 e. The molecule has 2 saturated carbocycles. The second-order valence-electron chi connectivity index (χ2n) is 9.21. The van der Waals surface area contributed by atoms with Crippen LogP contribution in [0.25, 0.3) is 0 Å². The number of benzene rings is 1. The molecule has 1 aliphatic heterocycles. The molecular formula is C22H32N2O5S. The molecule has 4 aliphatic rings. The van der Waals surface area contributed by atoms with Crippen molar-refractivity contribution >= 4 is 16.2 Å². The van der Waals surface area contributed by atoms with Crippen molar-refractivity contribution in [3.8, 4) is 5.75 Å². The van der Waals surface area contributed by atoms with Gasteiger partial charge >= 0.3 is 10.4 Å². The number of aryl methyl sites for hydroxylation is 1. The third-order valence-electron chi connectivity index (χ3n) is 7.57. The van der Waals surface area contributed by atoms with E-state index in [4.69, 9.17) is 4.55 Å². The number of carbonyl (C=O) groups is 1. The molecule has 3 aliphatic carbocycles. The zero-order valence-corrected chi connectivity index (χ0v) is 18.3. The Hall–Kier alpha value is -1.48. The van der Waals surface area contributed by atoms with Gasteiger partial charge in [0.15, 0.2) is 0 Å². The zero-order chi connectivity index (χ0) is 21.4. The van der Waals surface area contributed by atoms with Crippen LogP contribution in [0.4, 0.5) is 0 Å². The van der Waals surface area contributed by atoms with E-state index in [1.165, 1.54) is 5.56 Å². The maximum absolute atomic E-state index is 12.3. The monoisotopic (exact) mass is 436 g/mol. The van der Waals surface area contributed by atoms with Gasteiger partial charge in [-0.05, 0) is 73.1 Å². The minimum absolute atomic E-state index is 0.132. The summed E-state index contributed by atoms with van der Waals surface area (Å²) in [6.07, 6.45) is 5.57. The molecule has 0 amide bonds. The van der Waals surface area contributed by atoms with E-state index < -0.39 is 10.4 Å². The first-order valence-corrected chi connectivity index (χ1v) is 12.4. The summed E-state index contributed by atoms with van der Waals surface area (Å²) in [7, 11) is -4.49. The fourth-order valence-corrected chi connectivity index (χ4v) is 6.45. The predicted octanol–water partition coefficient (Wildman–Crippen LogP) is 2.47. The first-order chi connectivity index (χ1) is 14.3. The van der Waals surface area contributed by atoms with Crippen molar-refractivity contribution in [1.82, 2.24) is 10.6 Å². The number of hydrogen-bond acceptors (Lipinski definition) is 6. The summed E-state index contributed by atoms with van der Waals surface area (Å²) in [5.74, 6) is 2.05. The van der Waals surface area contributed by atoms with Crippen molar-refractivity contribution in [2.45, 2.75) is 51.4 Å². The fraction of sp³-hybridized carbons (Fsp3) is 0.682. The van der Waals surface area contributed by atoms with E-state index >= 15 is 0 Å². The van der Waals surface area contributed by atoms with Crippen LogP contribution >= 0.6 is 0 Å². The van der Waals surface area contributed by atoms with Crippen molar-refractivity contribution in [1.29, 1.82) is 0 Å². The lowest BCUT2D eigenvalue weighted by molar-refractivity contribution is -0.129. The number of carbonyl (C=O) groups excluding carboxylic acids is 1. The van der Waals surface area contributed by atoms with E-state index in [2.05, 4.69) is 21.7 Å². The van der Waals surface area contributed by atoms with Crippen molar-refractivity contribution in [3.05, 3.63) is 29.3 Å². The quantitative estimate of drug-likeness (QED) is 0.612. The smallest absolute Gasteiger partial charge is 0.362 e. The highest BCUT2D eigenvalue weighted by Gasteiger charge is 2.54. The predicted molar refractivity (Wildman–Crippen MR) is 114 cm³/mol. The second kappa shape index (κ2) is 8.57. The maximum atomic E-state index is 12.3. The van der Waals surface area contributed by atoms with Gasteiger partial charge in [-0.3, -0.25) is 9.35 Å². The van der Waals surface area contributed by atoms with E-state index in [0.717, 1.165) is 70.3 Å². The SMILES string of the molecule is C1CNCCN1.C[C@@]12CCC3c4ccc(OS(=O)(=O)O)cc4CCC3C1CCC2=O. The van der Waals surface area contributed by atoms with Gasteiger partial charge in [-0.1, -0.05) is 13.0 Å². The average Bonchev–Trinajstić information content (AvgIpc) is 3.03. The van der Waals surface area contributed by atoms with Crippen LogP contribution < -0.4 is 14.8 Å². The lowest BCUT2D eigenvalue weighted by Crippen LogP contribution is -2.42. The molecule has 8 heteroatoms. The number of rotatable bonds is 2. The number of nitrogens with one attached hydrogen (secondary N) is 2. The van der Waals surface area contributed by atoms with Gasteiger partial charge in [-0.15, -0.1) is 0 Å². The molecule has 3 N–H and O–H groups in total.